The smallest absolute Gasteiger partial charge is 0.248 e. The summed E-state index contributed by atoms with van der Waals surface area (Å²) in [5, 5.41) is 13.6. The summed E-state index contributed by atoms with van der Waals surface area (Å²) in [4.78, 5) is 14.5. The fourth-order valence-electron chi connectivity index (χ4n) is 5.58. The molecule has 1 unspecified atom stereocenters. The van der Waals surface area contributed by atoms with Crippen LogP contribution in [0, 0.1) is 0 Å². The lowest BCUT2D eigenvalue weighted by Gasteiger charge is -2.23. The van der Waals surface area contributed by atoms with Crippen molar-refractivity contribution in [3.05, 3.63) is 137 Å². The Kier molecular flexibility index (Phi) is 7.87. The third-order valence-corrected chi connectivity index (χ3v) is 7.35. The highest BCUT2D eigenvalue weighted by Gasteiger charge is 2.30. The second-order valence-corrected chi connectivity index (χ2v) is 10.7. The van der Waals surface area contributed by atoms with Gasteiger partial charge in [-0.2, -0.15) is 0 Å². The number of primary amides is 1. The second-order valence-electron chi connectivity index (χ2n) is 10.7. The molecule has 0 spiro atoms. The average molecular weight is 530 g/mol. The summed E-state index contributed by atoms with van der Waals surface area (Å²) >= 11 is 0. The maximum Gasteiger partial charge on any atom is 0.248 e. The third kappa shape index (κ3) is 5.30. The van der Waals surface area contributed by atoms with Gasteiger partial charge >= 0.3 is 0 Å². The topological polar surface area (TPSA) is 86.7 Å². The minimum atomic E-state index is -0.924. The molecular formula is C34H35N5O. The lowest BCUT2D eigenvalue weighted by molar-refractivity contribution is -0.120. The first-order valence-corrected chi connectivity index (χ1v) is 13.8. The van der Waals surface area contributed by atoms with Gasteiger partial charge in [0.05, 0.1) is 5.92 Å². The van der Waals surface area contributed by atoms with E-state index >= 15 is 0 Å². The van der Waals surface area contributed by atoms with Crippen LogP contribution in [0.25, 0.3) is 11.1 Å². The highest BCUT2D eigenvalue weighted by atomic mass is 16.1. The highest BCUT2D eigenvalue weighted by Crippen LogP contribution is 2.39. The van der Waals surface area contributed by atoms with Crippen molar-refractivity contribution in [2.45, 2.75) is 51.5 Å². The molecule has 202 valence electrons. The molecule has 0 saturated carbocycles. The summed E-state index contributed by atoms with van der Waals surface area (Å²) in [6, 6.07) is 33.5. The molecule has 2 N–H and O–H groups in total. The van der Waals surface area contributed by atoms with Gasteiger partial charge in [-0.3, -0.25) is 4.79 Å². The van der Waals surface area contributed by atoms with Crippen molar-refractivity contribution in [3.8, 4) is 11.1 Å². The molecule has 0 aliphatic carbocycles. The molecule has 1 atom stereocenters. The lowest BCUT2D eigenvalue weighted by atomic mass is 9.82. The number of hydrogen-bond acceptors (Lipinski definition) is 4. The Labute approximate surface area is 235 Å². The van der Waals surface area contributed by atoms with E-state index in [0.717, 1.165) is 27.8 Å². The van der Waals surface area contributed by atoms with Gasteiger partial charge < -0.3 is 5.73 Å². The number of nitrogens with two attached hydrogens (primary N) is 1. The van der Waals surface area contributed by atoms with E-state index in [1.165, 1.54) is 15.9 Å². The first-order valence-electron chi connectivity index (χ1n) is 13.8. The predicted octanol–water partition coefficient (Wildman–Crippen LogP) is 6.84. The minimum absolute atomic E-state index is 0.241. The first kappa shape index (κ1) is 27.0. The Hall–Kier alpha value is -4.58. The van der Waals surface area contributed by atoms with Crippen molar-refractivity contribution in [2.75, 3.05) is 0 Å². The van der Waals surface area contributed by atoms with Gasteiger partial charge in [-0.25, -0.2) is 0 Å². The molecule has 0 aliphatic rings. The standard InChI is InChI=1S/C34H35N5O/c1-22(2)26-20-13-21-28(30(26)23(3)4)27-18-11-12-19-29(27)32(33(35)40)39-37-34(36-38-39)31(24-14-7-5-8-15-24)25-16-9-6-10-17-25/h5-23,31-32H,1-4H3,(H2,35,40). The van der Waals surface area contributed by atoms with Crippen LogP contribution >= 0.6 is 0 Å². The van der Waals surface area contributed by atoms with Crippen molar-refractivity contribution in [3.63, 3.8) is 0 Å². The zero-order valence-electron chi connectivity index (χ0n) is 23.4. The molecule has 0 saturated heterocycles. The number of carbonyl (C=O) groups is 1. The number of carbonyl (C=O) groups excluding carboxylic acids is 1. The molecule has 0 bridgehead atoms. The number of tetrazole rings is 1. The van der Waals surface area contributed by atoms with E-state index in [9.17, 15) is 4.79 Å². The zero-order valence-corrected chi connectivity index (χ0v) is 23.4. The summed E-state index contributed by atoms with van der Waals surface area (Å²) in [6.07, 6.45) is 0. The Balaban J connectivity index is 1.64. The maximum absolute atomic E-state index is 13.1. The van der Waals surface area contributed by atoms with Crippen LogP contribution in [-0.2, 0) is 4.79 Å². The number of rotatable bonds is 9. The van der Waals surface area contributed by atoms with E-state index in [1.807, 2.05) is 84.9 Å². The van der Waals surface area contributed by atoms with Crippen LogP contribution in [0.5, 0.6) is 0 Å². The van der Waals surface area contributed by atoms with Crippen molar-refractivity contribution < 1.29 is 4.79 Å². The summed E-state index contributed by atoms with van der Waals surface area (Å²) < 4.78 is 0. The first-order chi connectivity index (χ1) is 19.4. The summed E-state index contributed by atoms with van der Waals surface area (Å²) in [5.41, 5.74) is 13.5. The number of amides is 1. The van der Waals surface area contributed by atoms with Crippen LogP contribution < -0.4 is 5.73 Å². The fourth-order valence-corrected chi connectivity index (χ4v) is 5.58. The van der Waals surface area contributed by atoms with E-state index < -0.39 is 11.9 Å². The van der Waals surface area contributed by atoms with Gasteiger partial charge in [0.15, 0.2) is 11.9 Å². The Morgan fingerprint density at radius 1 is 0.675 bits per heavy atom. The summed E-state index contributed by atoms with van der Waals surface area (Å²) in [7, 11) is 0. The Bertz CT molecular complexity index is 1550. The number of hydrogen-bond donors (Lipinski definition) is 1. The van der Waals surface area contributed by atoms with E-state index in [0.29, 0.717) is 17.7 Å². The van der Waals surface area contributed by atoms with Gasteiger partial charge in [0.2, 0.25) is 5.91 Å². The largest absolute Gasteiger partial charge is 0.367 e. The molecule has 0 radical (unpaired) electrons. The quantitative estimate of drug-likeness (QED) is 0.226. The van der Waals surface area contributed by atoms with Crippen molar-refractivity contribution in [1.29, 1.82) is 0 Å². The van der Waals surface area contributed by atoms with Crippen molar-refractivity contribution in [2.24, 2.45) is 5.73 Å². The molecular weight excluding hydrogens is 494 g/mol. The monoisotopic (exact) mass is 529 g/mol. The Morgan fingerprint density at radius 2 is 1.23 bits per heavy atom. The van der Waals surface area contributed by atoms with E-state index in [1.54, 1.807) is 0 Å². The molecule has 40 heavy (non-hydrogen) atoms. The van der Waals surface area contributed by atoms with Crippen LogP contribution in [-0.4, -0.2) is 26.1 Å². The van der Waals surface area contributed by atoms with E-state index in [-0.39, 0.29) is 5.92 Å². The van der Waals surface area contributed by atoms with Gasteiger partial charge in [0.1, 0.15) is 0 Å². The highest BCUT2D eigenvalue weighted by molar-refractivity contribution is 5.86. The van der Waals surface area contributed by atoms with Gasteiger partial charge in [-0.15, -0.1) is 15.0 Å². The van der Waals surface area contributed by atoms with Crippen LogP contribution in [0.4, 0.5) is 0 Å². The minimum Gasteiger partial charge on any atom is -0.367 e. The van der Waals surface area contributed by atoms with Gasteiger partial charge in [-0.05, 0) is 56.0 Å². The molecule has 6 nitrogen and oxygen atoms in total. The summed E-state index contributed by atoms with van der Waals surface area (Å²) in [6.45, 7) is 8.83. The zero-order chi connectivity index (χ0) is 28.2. The van der Waals surface area contributed by atoms with Gasteiger partial charge in [0.25, 0.3) is 0 Å². The molecule has 5 aromatic rings. The average Bonchev–Trinajstić information content (AvgIpc) is 3.43. The molecule has 1 amide bonds. The second kappa shape index (κ2) is 11.7. The number of nitrogens with zero attached hydrogens (tertiary/aromatic N) is 4. The number of aromatic nitrogens is 4. The van der Waals surface area contributed by atoms with Crippen LogP contribution in [0.2, 0.25) is 0 Å². The Morgan fingerprint density at radius 3 is 1.80 bits per heavy atom. The van der Waals surface area contributed by atoms with Crippen LogP contribution in [0.1, 0.15) is 85.1 Å². The molecule has 6 heteroatoms. The SMILES string of the molecule is CC(C)c1cccc(-c2ccccc2C(C(N)=O)n2nnc(C(c3ccccc3)c3ccccc3)n2)c1C(C)C. The van der Waals surface area contributed by atoms with Gasteiger partial charge in [0, 0.05) is 0 Å². The lowest BCUT2D eigenvalue weighted by Crippen LogP contribution is -2.30. The predicted molar refractivity (Wildman–Crippen MR) is 159 cm³/mol. The van der Waals surface area contributed by atoms with Gasteiger partial charge in [-0.1, -0.05) is 131 Å². The third-order valence-electron chi connectivity index (χ3n) is 7.35. The normalized spacial score (nSPS) is 12.3. The fraction of sp³-hybridized carbons (Fsp3) is 0.235. The van der Waals surface area contributed by atoms with Crippen LogP contribution in [0.15, 0.2) is 103 Å². The molecule has 1 aromatic heterocycles. The molecule has 0 aliphatic heterocycles. The van der Waals surface area contributed by atoms with Crippen molar-refractivity contribution in [1.82, 2.24) is 20.2 Å². The maximum atomic E-state index is 13.1. The van der Waals surface area contributed by atoms with Crippen molar-refractivity contribution >= 4 is 5.91 Å². The molecule has 4 aromatic carbocycles. The number of benzene rings is 4. The summed E-state index contributed by atoms with van der Waals surface area (Å²) in [5.74, 6) is 0.380. The van der Waals surface area contributed by atoms with E-state index in [2.05, 4.69) is 56.2 Å². The van der Waals surface area contributed by atoms with E-state index in [4.69, 9.17) is 10.8 Å². The molecule has 0 fully saturated rings. The van der Waals surface area contributed by atoms with Crippen LogP contribution in [0.3, 0.4) is 0 Å². The molecule has 1 heterocycles. The molecule has 5 rings (SSSR count).